The molecular weight excluding hydrogens is 462 g/mol. The minimum atomic E-state index is -0.442. The lowest BCUT2D eigenvalue weighted by Gasteiger charge is -2.07. The Morgan fingerprint density at radius 1 is 1.09 bits per heavy atom. The Bertz CT molecular complexity index is 1420. The van der Waals surface area contributed by atoms with Gasteiger partial charge in [0.1, 0.15) is 11.4 Å². The Morgan fingerprint density at radius 2 is 1.88 bits per heavy atom. The highest BCUT2D eigenvalue weighted by molar-refractivity contribution is 7.98. The number of nitrogens with zero attached hydrogens (tertiary/aromatic N) is 9. The van der Waals surface area contributed by atoms with Crippen LogP contribution >= 0.6 is 11.8 Å². The van der Waals surface area contributed by atoms with Crippen LogP contribution in [0.5, 0.6) is 0 Å². The van der Waals surface area contributed by atoms with E-state index in [1.807, 2.05) is 12.1 Å². The molecule has 4 aromatic rings. The van der Waals surface area contributed by atoms with Crippen LogP contribution in [0.1, 0.15) is 22.9 Å². The number of non-ortho nitro benzene ring substituents is 1. The third-order valence-corrected chi connectivity index (χ3v) is 5.90. The lowest BCUT2D eigenvalue weighted by molar-refractivity contribution is -0.386. The fraction of sp³-hybridized carbons (Fsp3) is 0.200. The SMILES string of the molecule is Cc1nn(CSc2nnc(C)n2/N=C/c2cccn2-c2cccc([N+](=O)[O-])c2)c(C)c1[N+](=O)[O-]. The number of hydrogen-bond acceptors (Lipinski definition) is 9. The second-order valence-corrected chi connectivity index (χ2v) is 8.13. The summed E-state index contributed by atoms with van der Waals surface area (Å²) in [5.74, 6) is 0.838. The molecule has 13 nitrogen and oxygen atoms in total. The Morgan fingerprint density at radius 3 is 2.59 bits per heavy atom. The zero-order chi connectivity index (χ0) is 24.4. The first-order valence-corrected chi connectivity index (χ1v) is 10.9. The molecule has 1 aromatic carbocycles. The van der Waals surface area contributed by atoms with Crippen LogP contribution in [0.25, 0.3) is 5.69 Å². The standard InChI is InChI=1S/C20H19N9O4S/c1-13-19(29(32)33)14(2)26(24-13)12-34-20-23-22-15(3)27(20)21-11-18-8-5-9-25(18)16-6-4-7-17(10-16)28(30)31/h4-11H,12H2,1-3H3/b21-11+. The number of nitro benzene ring substituents is 1. The van der Waals surface area contributed by atoms with E-state index in [1.165, 1.54) is 23.9 Å². The zero-order valence-electron chi connectivity index (χ0n) is 18.4. The number of nitro groups is 2. The van der Waals surface area contributed by atoms with Crippen molar-refractivity contribution in [2.75, 3.05) is 0 Å². The van der Waals surface area contributed by atoms with Crippen molar-refractivity contribution in [3.05, 3.63) is 85.7 Å². The molecule has 0 N–H and O–H groups in total. The van der Waals surface area contributed by atoms with Crippen molar-refractivity contribution < 1.29 is 9.85 Å². The quantitative estimate of drug-likeness (QED) is 0.160. The molecular formula is C20H19N9O4S. The van der Waals surface area contributed by atoms with E-state index in [2.05, 4.69) is 20.4 Å². The van der Waals surface area contributed by atoms with Crippen molar-refractivity contribution in [2.45, 2.75) is 31.8 Å². The molecule has 0 bridgehead atoms. The molecule has 14 heteroatoms. The molecule has 0 fully saturated rings. The molecule has 0 radical (unpaired) electrons. The van der Waals surface area contributed by atoms with Crippen molar-refractivity contribution in [2.24, 2.45) is 5.10 Å². The van der Waals surface area contributed by atoms with E-state index in [4.69, 9.17) is 0 Å². The zero-order valence-corrected chi connectivity index (χ0v) is 19.2. The van der Waals surface area contributed by atoms with Crippen LogP contribution in [0.4, 0.5) is 11.4 Å². The van der Waals surface area contributed by atoms with Gasteiger partial charge < -0.3 is 4.57 Å². The average Bonchev–Trinajstić information content (AvgIpc) is 3.48. The van der Waals surface area contributed by atoms with Gasteiger partial charge in [0.2, 0.25) is 5.16 Å². The summed E-state index contributed by atoms with van der Waals surface area (Å²) in [6, 6.07) is 9.94. The van der Waals surface area contributed by atoms with Gasteiger partial charge in [0.25, 0.3) is 5.69 Å². The Labute approximate surface area is 197 Å². The van der Waals surface area contributed by atoms with Gasteiger partial charge in [0.05, 0.1) is 33.3 Å². The maximum Gasteiger partial charge on any atom is 0.312 e. The van der Waals surface area contributed by atoms with Crippen molar-refractivity contribution in [1.82, 2.24) is 29.2 Å². The van der Waals surface area contributed by atoms with Crippen LogP contribution in [0, 0.1) is 41.0 Å². The van der Waals surface area contributed by atoms with Gasteiger partial charge in [-0.2, -0.15) is 14.9 Å². The van der Waals surface area contributed by atoms with Gasteiger partial charge in [0.15, 0.2) is 5.82 Å². The lowest BCUT2D eigenvalue weighted by atomic mass is 10.2. The second-order valence-electron chi connectivity index (χ2n) is 7.22. The van der Waals surface area contributed by atoms with E-state index in [-0.39, 0.29) is 17.3 Å². The first-order chi connectivity index (χ1) is 16.3. The topological polar surface area (TPSA) is 152 Å². The highest BCUT2D eigenvalue weighted by Gasteiger charge is 2.22. The molecule has 0 amide bonds. The summed E-state index contributed by atoms with van der Waals surface area (Å²) < 4.78 is 4.87. The minimum Gasteiger partial charge on any atom is -0.315 e. The number of benzene rings is 1. The molecule has 34 heavy (non-hydrogen) atoms. The number of rotatable bonds is 8. The minimum absolute atomic E-state index is 0.00169. The molecule has 0 saturated carbocycles. The molecule has 0 aliphatic carbocycles. The second kappa shape index (κ2) is 9.27. The Kier molecular flexibility index (Phi) is 6.23. The molecule has 0 unspecified atom stereocenters. The van der Waals surface area contributed by atoms with E-state index < -0.39 is 9.85 Å². The number of hydrogen-bond donors (Lipinski definition) is 0. The highest BCUT2D eigenvalue weighted by Crippen LogP contribution is 2.26. The number of thioether (sulfide) groups is 1. The van der Waals surface area contributed by atoms with Gasteiger partial charge >= 0.3 is 5.69 Å². The average molecular weight is 481 g/mol. The van der Waals surface area contributed by atoms with E-state index in [9.17, 15) is 20.2 Å². The summed E-state index contributed by atoms with van der Waals surface area (Å²) in [5, 5.41) is 39.8. The number of aryl methyl sites for hydroxylation is 2. The van der Waals surface area contributed by atoms with Crippen LogP contribution in [0.2, 0.25) is 0 Å². The van der Waals surface area contributed by atoms with E-state index in [1.54, 1.807) is 59.2 Å². The van der Waals surface area contributed by atoms with Crippen LogP contribution in [0.15, 0.2) is 52.9 Å². The maximum absolute atomic E-state index is 11.2. The van der Waals surface area contributed by atoms with Gasteiger partial charge in [-0.1, -0.05) is 17.8 Å². The van der Waals surface area contributed by atoms with Crippen LogP contribution in [-0.4, -0.2) is 45.3 Å². The van der Waals surface area contributed by atoms with E-state index in [0.29, 0.717) is 33.8 Å². The molecule has 0 saturated heterocycles. The summed E-state index contributed by atoms with van der Waals surface area (Å²) in [7, 11) is 0. The van der Waals surface area contributed by atoms with Crippen molar-refractivity contribution in [1.29, 1.82) is 0 Å². The largest absolute Gasteiger partial charge is 0.315 e. The summed E-state index contributed by atoms with van der Waals surface area (Å²) in [6.45, 7) is 5.00. The molecule has 3 aromatic heterocycles. The normalized spacial score (nSPS) is 11.4. The molecule has 0 aliphatic heterocycles. The highest BCUT2D eigenvalue weighted by atomic mass is 32.2. The van der Waals surface area contributed by atoms with Gasteiger partial charge in [-0.25, -0.2) is 0 Å². The van der Waals surface area contributed by atoms with Crippen LogP contribution < -0.4 is 0 Å². The smallest absolute Gasteiger partial charge is 0.312 e. The summed E-state index contributed by atoms with van der Waals surface area (Å²) in [6.07, 6.45) is 3.39. The predicted molar refractivity (Wildman–Crippen MR) is 124 cm³/mol. The fourth-order valence-electron chi connectivity index (χ4n) is 3.37. The third-order valence-electron chi connectivity index (χ3n) is 5.01. The maximum atomic E-state index is 11.2. The summed E-state index contributed by atoms with van der Waals surface area (Å²) in [5.41, 5.74) is 2.11. The van der Waals surface area contributed by atoms with Gasteiger partial charge in [-0.15, -0.1) is 10.2 Å². The first kappa shape index (κ1) is 22.8. The van der Waals surface area contributed by atoms with Gasteiger partial charge in [-0.05, 0) is 39.0 Å². The van der Waals surface area contributed by atoms with Gasteiger partial charge in [-0.3, -0.25) is 24.9 Å². The summed E-state index contributed by atoms with van der Waals surface area (Å²) >= 11 is 1.28. The third kappa shape index (κ3) is 4.43. The molecule has 0 spiro atoms. The summed E-state index contributed by atoms with van der Waals surface area (Å²) in [4.78, 5) is 21.5. The molecule has 0 atom stereocenters. The molecule has 4 rings (SSSR count). The van der Waals surface area contributed by atoms with Gasteiger partial charge in [0, 0.05) is 18.3 Å². The molecule has 174 valence electrons. The Hall–Kier alpha value is -4.33. The predicted octanol–water partition coefficient (Wildman–Crippen LogP) is 3.64. The Balaban J connectivity index is 1.57. The van der Waals surface area contributed by atoms with Crippen LogP contribution in [0.3, 0.4) is 0 Å². The number of aromatic nitrogens is 6. The van der Waals surface area contributed by atoms with E-state index >= 15 is 0 Å². The molecule has 3 heterocycles. The fourth-order valence-corrected chi connectivity index (χ4v) is 4.25. The lowest BCUT2D eigenvalue weighted by Crippen LogP contribution is -2.03. The van der Waals surface area contributed by atoms with Crippen LogP contribution in [-0.2, 0) is 5.88 Å². The van der Waals surface area contributed by atoms with Crippen molar-refractivity contribution in [3.63, 3.8) is 0 Å². The van der Waals surface area contributed by atoms with Crippen molar-refractivity contribution >= 4 is 29.4 Å². The molecule has 0 aliphatic rings. The monoisotopic (exact) mass is 481 g/mol. The van der Waals surface area contributed by atoms with Crippen molar-refractivity contribution in [3.8, 4) is 5.69 Å². The van der Waals surface area contributed by atoms with E-state index in [0.717, 1.165) is 0 Å². The first-order valence-electron chi connectivity index (χ1n) is 9.96.